The second kappa shape index (κ2) is 7.85. The zero-order chi connectivity index (χ0) is 20.4. The van der Waals surface area contributed by atoms with E-state index < -0.39 is 29.3 Å². The van der Waals surface area contributed by atoms with Crippen LogP contribution < -0.4 is 4.74 Å². The standard InChI is InChI=1S/C20H21FN2O5/c1-22(2)8-9-23-17(15-5-4-10-28-15)16(19(25)20(23)26)18(24)13-11-12(21)6-7-14(13)27-3/h4-7,10-11,17,24H,8-9H2,1-3H3/b18-16+/t17-/m0/s1. The fourth-order valence-corrected chi connectivity index (χ4v) is 3.17. The summed E-state index contributed by atoms with van der Waals surface area (Å²) in [5, 5.41) is 10.9. The summed E-state index contributed by atoms with van der Waals surface area (Å²) in [6.07, 6.45) is 1.42. The normalized spacial score (nSPS) is 18.9. The van der Waals surface area contributed by atoms with Gasteiger partial charge in [-0.3, -0.25) is 9.59 Å². The molecule has 1 fully saturated rings. The molecule has 1 N–H and O–H groups in total. The average Bonchev–Trinajstić information content (AvgIpc) is 3.27. The number of likely N-dealkylation sites (tertiary alicyclic amines) is 1. The lowest BCUT2D eigenvalue weighted by atomic mass is 9.98. The van der Waals surface area contributed by atoms with Crippen LogP contribution in [0.15, 0.2) is 46.6 Å². The molecule has 2 heterocycles. The number of aliphatic hydroxyl groups excluding tert-OH is 1. The van der Waals surface area contributed by atoms with Crippen molar-refractivity contribution in [1.29, 1.82) is 0 Å². The quantitative estimate of drug-likeness (QED) is 0.465. The summed E-state index contributed by atoms with van der Waals surface area (Å²) in [5.41, 5.74) is -0.174. The van der Waals surface area contributed by atoms with E-state index in [1.165, 1.54) is 30.4 Å². The molecule has 1 saturated heterocycles. The molecule has 0 aliphatic carbocycles. The second-order valence-corrected chi connectivity index (χ2v) is 6.66. The van der Waals surface area contributed by atoms with Crippen LogP contribution in [0.1, 0.15) is 17.4 Å². The van der Waals surface area contributed by atoms with Crippen molar-refractivity contribution in [1.82, 2.24) is 9.80 Å². The van der Waals surface area contributed by atoms with Crippen molar-refractivity contribution >= 4 is 17.4 Å². The number of rotatable bonds is 6. The van der Waals surface area contributed by atoms with Gasteiger partial charge in [-0.05, 0) is 44.4 Å². The summed E-state index contributed by atoms with van der Waals surface area (Å²) < 4.78 is 24.4. The van der Waals surface area contributed by atoms with Gasteiger partial charge in [-0.2, -0.15) is 0 Å². The number of ether oxygens (including phenoxy) is 1. The van der Waals surface area contributed by atoms with E-state index in [4.69, 9.17) is 9.15 Å². The van der Waals surface area contributed by atoms with Gasteiger partial charge in [0.1, 0.15) is 29.1 Å². The molecule has 3 rings (SSSR count). The van der Waals surface area contributed by atoms with E-state index in [1.54, 1.807) is 12.1 Å². The van der Waals surface area contributed by atoms with Crippen LogP contribution in [-0.4, -0.2) is 60.9 Å². The number of nitrogens with zero attached hydrogens (tertiary/aromatic N) is 2. The van der Waals surface area contributed by atoms with E-state index in [0.717, 1.165) is 6.07 Å². The van der Waals surface area contributed by atoms with Crippen LogP contribution in [0.5, 0.6) is 5.75 Å². The first-order valence-electron chi connectivity index (χ1n) is 8.65. The summed E-state index contributed by atoms with van der Waals surface area (Å²) in [4.78, 5) is 28.6. The highest BCUT2D eigenvalue weighted by Gasteiger charge is 2.47. The van der Waals surface area contributed by atoms with E-state index >= 15 is 0 Å². The zero-order valence-corrected chi connectivity index (χ0v) is 15.8. The molecule has 0 spiro atoms. The number of ketones is 1. The number of amides is 1. The van der Waals surface area contributed by atoms with Gasteiger partial charge in [0.25, 0.3) is 11.7 Å². The van der Waals surface area contributed by atoms with Crippen LogP contribution in [0, 0.1) is 5.82 Å². The monoisotopic (exact) mass is 388 g/mol. The minimum absolute atomic E-state index is 0.00957. The first kappa shape index (κ1) is 19.6. The van der Waals surface area contributed by atoms with Crippen LogP contribution in [0.25, 0.3) is 5.76 Å². The minimum Gasteiger partial charge on any atom is -0.507 e. The summed E-state index contributed by atoms with van der Waals surface area (Å²) in [7, 11) is 5.05. The van der Waals surface area contributed by atoms with E-state index in [-0.39, 0.29) is 23.4 Å². The summed E-state index contributed by atoms with van der Waals surface area (Å²) >= 11 is 0. The summed E-state index contributed by atoms with van der Waals surface area (Å²) in [6, 6.07) is 5.91. The van der Waals surface area contributed by atoms with Gasteiger partial charge in [0.15, 0.2) is 0 Å². The van der Waals surface area contributed by atoms with E-state index in [9.17, 15) is 19.1 Å². The zero-order valence-electron chi connectivity index (χ0n) is 15.8. The molecule has 7 nitrogen and oxygen atoms in total. The molecular weight excluding hydrogens is 367 g/mol. The molecule has 0 bridgehead atoms. The Hall–Kier alpha value is -3.13. The summed E-state index contributed by atoms with van der Waals surface area (Å²) in [6.45, 7) is 0.758. The van der Waals surface area contributed by atoms with Crippen LogP contribution >= 0.6 is 0 Å². The van der Waals surface area contributed by atoms with E-state index in [2.05, 4.69) is 0 Å². The third-order valence-corrected chi connectivity index (χ3v) is 4.56. The van der Waals surface area contributed by atoms with Crippen LogP contribution in [-0.2, 0) is 9.59 Å². The number of aliphatic hydroxyl groups is 1. The fraction of sp³-hybridized carbons (Fsp3) is 0.300. The molecular formula is C20H21FN2O5. The topological polar surface area (TPSA) is 83.2 Å². The molecule has 28 heavy (non-hydrogen) atoms. The van der Waals surface area contributed by atoms with Crippen LogP contribution in [0.2, 0.25) is 0 Å². The van der Waals surface area contributed by atoms with Crippen molar-refractivity contribution in [3.05, 3.63) is 59.3 Å². The van der Waals surface area contributed by atoms with Gasteiger partial charge in [0, 0.05) is 13.1 Å². The molecule has 1 aliphatic rings. The van der Waals surface area contributed by atoms with Crippen molar-refractivity contribution < 1.29 is 28.2 Å². The van der Waals surface area contributed by atoms with Crippen LogP contribution in [0.3, 0.4) is 0 Å². The maximum atomic E-state index is 13.8. The molecule has 1 aliphatic heterocycles. The molecule has 148 valence electrons. The average molecular weight is 388 g/mol. The largest absolute Gasteiger partial charge is 0.507 e. The highest BCUT2D eigenvalue weighted by Crippen LogP contribution is 2.41. The number of likely N-dealkylation sites (N-methyl/N-ethyl adjacent to an activating group) is 1. The van der Waals surface area contributed by atoms with Gasteiger partial charge in [0.2, 0.25) is 0 Å². The first-order valence-corrected chi connectivity index (χ1v) is 8.65. The SMILES string of the molecule is COc1ccc(F)cc1/C(O)=C1\C(=O)C(=O)N(CCN(C)C)[C@H]1c1ccco1. The third-order valence-electron chi connectivity index (χ3n) is 4.56. The van der Waals surface area contributed by atoms with Crippen molar-refractivity contribution in [2.45, 2.75) is 6.04 Å². The van der Waals surface area contributed by atoms with Crippen molar-refractivity contribution in [2.75, 3.05) is 34.3 Å². The molecule has 1 atom stereocenters. The molecule has 1 aromatic heterocycles. The number of hydrogen-bond acceptors (Lipinski definition) is 6. The summed E-state index contributed by atoms with van der Waals surface area (Å²) in [5.74, 6) is -2.22. The van der Waals surface area contributed by atoms with Gasteiger partial charge in [0.05, 0.1) is 24.5 Å². The van der Waals surface area contributed by atoms with E-state index in [1.807, 2.05) is 19.0 Å². The predicted molar refractivity (Wildman–Crippen MR) is 99.2 cm³/mol. The molecule has 1 amide bonds. The second-order valence-electron chi connectivity index (χ2n) is 6.66. The van der Waals surface area contributed by atoms with Gasteiger partial charge < -0.3 is 24.1 Å². The number of carbonyl (C=O) groups is 2. The lowest BCUT2D eigenvalue weighted by molar-refractivity contribution is -0.140. The maximum absolute atomic E-state index is 13.8. The molecule has 0 unspecified atom stereocenters. The number of Topliss-reactive ketones (excluding diaryl/α,β-unsaturated/α-hetero) is 1. The molecule has 2 aromatic rings. The highest BCUT2D eigenvalue weighted by molar-refractivity contribution is 6.46. The number of halogens is 1. The smallest absolute Gasteiger partial charge is 0.295 e. The maximum Gasteiger partial charge on any atom is 0.295 e. The predicted octanol–water partition coefficient (Wildman–Crippen LogP) is 2.41. The highest BCUT2D eigenvalue weighted by atomic mass is 19.1. The third kappa shape index (κ3) is 3.50. The van der Waals surface area contributed by atoms with Gasteiger partial charge in [-0.15, -0.1) is 0 Å². The Bertz CT molecular complexity index is 921. The lowest BCUT2D eigenvalue weighted by Crippen LogP contribution is -2.35. The number of benzene rings is 1. The molecule has 1 aromatic carbocycles. The van der Waals surface area contributed by atoms with Gasteiger partial charge in [-0.25, -0.2) is 4.39 Å². The Kier molecular flexibility index (Phi) is 5.51. The van der Waals surface area contributed by atoms with Gasteiger partial charge >= 0.3 is 0 Å². The Morgan fingerprint density at radius 1 is 1.32 bits per heavy atom. The number of carbonyl (C=O) groups excluding carboxylic acids is 2. The van der Waals surface area contributed by atoms with Gasteiger partial charge in [-0.1, -0.05) is 0 Å². The lowest BCUT2D eigenvalue weighted by Gasteiger charge is -2.24. The Morgan fingerprint density at radius 2 is 2.07 bits per heavy atom. The minimum atomic E-state index is -0.914. The Labute approximate surface area is 161 Å². The number of hydrogen-bond donors (Lipinski definition) is 1. The van der Waals surface area contributed by atoms with Crippen LogP contribution in [0.4, 0.5) is 4.39 Å². The molecule has 0 saturated carbocycles. The van der Waals surface area contributed by atoms with Crippen molar-refractivity contribution in [3.8, 4) is 5.75 Å². The first-order chi connectivity index (χ1) is 13.3. The fourth-order valence-electron chi connectivity index (χ4n) is 3.17. The Balaban J connectivity index is 2.17. The number of furan rings is 1. The number of methoxy groups -OCH3 is 1. The molecule has 0 radical (unpaired) electrons. The van der Waals surface area contributed by atoms with E-state index in [0.29, 0.717) is 12.3 Å². The Morgan fingerprint density at radius 3 is 2.68 bits per heavy atom. The van der Waals surface area contributed by atoms with Crippen molar-refractivity contribution in [3.63, 3.8) is 0 Å². The van der Waals surface area contributed by atoms with Crippen molar-refractivity contribution in [2.24, 2.45) is 0 Å². The molecule has 8 heteroatoms.